The van der Waals surface area contributed by atoms with Crippen LogP contribution in [0.2, 0.25) is 0 Å². The van der Waals surface area contributed by atoms with E-state index in [1.807, 2.05) is 24.8 Å². The quantitative estimate of drug-likeness (QED) is 0.548. The molecule has 156 valence electrons. The second-order valence-corrected chi connectivity index (χ2v) is 8.33. The number of amides is 1. The van der Waals surface area contributed by atoms with Gasteiger partial charge in [-0.25, -0.2) is 4.98 Å². The van der Waals surface area contributed by atoms with E-state index in [0.29, 0.717) is 18.8 Å². The fraction of sp³-hybridized carbons (Fsp3) is 0.500. The van der Waals surface area contributed by atoms with Crippen molar-refractivity contribution in [3.8, 4) is 0 Å². The monoisotopic (exact) mass is 413 g/mol. The third-order valence-corrected chi connectivity index (χ3v) is 6.55. The second kappa shape index (κ2) is 9.05. The van der Waals surface area contributed by atoms with Crippen LogP contribution in [-0.2, 0) is 6.54 Å². The highest BCUT2D eigenvalue weighted by atomic mass is 32.1. The number of nitrogens with zero attached hydrogens (tertiary/aromatic N) is 5. The van der Waals surface area contributed by atoms with Crippen molar-refractivity contribution in [3.05, 3.63) is 40.7 Å². The molecule has 7 heteroatoms. The van der Waals surface area contributed by atoms with Crippen molar-refractivity contribution in [3.63, 3.8) is 0 Å². The van der Waals surface area contributed by atoms with Crippen LogP contribution in [0.3, 0.4) is 0 Å². The molecular formula is C22H31N5OS. The SMILES string of the molecule is CCN(CC)CCN(C(=O)c1cc(C)nn1CC)c1nc2c(C)c(C)ccc2s1. The summed E-state index contributed by atoms with van der Waals surface area (Å²) in [6.45, 7) is 16.4. The Kier molecular flexibility index (Phi) is 6.70. The Balaban J connectivity index is 2.03. The van der Waals surface area contributed by atoms with Gasteiger partial charge >= 0.3 is 0 Å². The molecular weight excluding hydrogens is 382 g/mol. The Hall–Kier alpha value is -2.25. The van der Waals surface area contributed by atoms with Gasteiger partial charge in [-0.1, -0.05) is 31.3 Å². The van der Waals surface area contributed by atoms with Gasteiger partial charge in [0.1, 0.15) is 5.69 Å². The van der Waals surface area contributed by atoms with Crippen molar-refractivity contribution in [1.29, 1.82) is 0 Å². The summed E-state index contributed by atoms with van der Waals surface area (Å²) in [6.07, 6.45) is 0. The summed E-state index contributed by atoms with van der Waals surface area (Å²) in [4.78, 5) is 22.6. The second-order valence-electron chi connectivity index (χ2n) is 7.32. The number of benzene rings is 1. The van der Waals surface area contributed by atoms with Gasteiger partial charge in [0, 0.05) is 19.6 Å². The maximum atomic E-state index is 13.6. The first-order chi connectivity index (χ1) is 13.9. The number of carbonyl (C=O) groups is 1. The Morgan fingerprint density at radius 3 is 2.48 bits per heavy atom. The molecule has 0 aliphatic rings. The van der Waals surface area contributed by atoms with Gasteiger partial charge in [-0.15, -0.1) is 0 Å². The third kappa shape index (κ3) is 4.36. The molecule has 0 radical (unpaired) electrons. The van der Waals surface area contributed by atoms with Crippen LogP contribution in [0.25, 0.3) is 10.2 Å². The summed E-state index contributed by atoms with van der Waals surface area (Å²) in [7, 11) is 0. The molecule has 0 spiro atoms. The van der Waals surface area contributed by atoms with Gasteiger partial charge < -0.3 is 4.90 Å². The number of carbonyl (C=O) groups excluding carboxylic acids is 1. The highest BCUT2D eigenvalue weighted by molar-refractivity contribution is 7.22. The zero-order chi connectivity index (χ0) is 21.1. The van der Waals surface area contributed by atoms with E-state index < -0.39 is 0 Å². The molecule has 1 aromatic carbocycles. The van der Waals surface area contributed by atoms with E-state index in [1.165, 1.54) is 11.1 Å². The molecule has 0 atom stereocenters. The first-order valence-corrected chi connectivity index (χ1v) is 11.2. The zero-order valence-electron chi connectivity index (χ0n) is 18.3. The smallest absolute Gasteiger partial charge is 0.278 e. The molecule has 0 aliphatic heterocycles. The number of anilines is 1. The lowest BCUT2D eigenvalue weighted by Crippen LogP contribution is -2.39. The van der Waals surface area contributed by atoms with Crippen molar-refractivity contribution in [1.82, 2.24) is 19.7 Å². The number of aryl methyl sites for hydroxylation is 4. The molecule has 0 bridgehead atoms. The fourth-order valence-corrected chi connectivity index (χ4v) is 4.54. The molecule has 6 nitrogen and oxygen atoms in total. The van der Waals surface area contributed by atoms with Gasteiger partial charge in [-0.05, 0) is 64.0 Å². The topological polar surface area (TPSA) is 54.3 Å². The van der Waals surface area contributed by atoms with Crippen LogP contribution < -0.4 is 4.90 Å². The lowest BCUT2D eigenvalue weighted by molar-refractivity contribution is 0.0973. The van der Waals surface area contributed by atoms with E-state index in [4.69, 9.17) is 4.98 Å². The molecule has 0 aliphatic carbocycles. The van der Waals surface area contributed by atoms with Crippen LogP contribution in [0, 0.1) is 20.8 Å². The van der Waals surface area contributed by atoms with E-state index in [0.717, 1.165) is 40.7 Å². The standard InChI is InChI=1S/C22H31N5OS/c1-7-25(8-2)12-13-26(21(28)18-14-16(5)24-27(18)9-3)22-23-20-17(6)15(4)10-11-19(20)29-22/h10-11,14H,7-9,12-13H2,1-6H3. The minimum Gasteiger partial charge on any atom is -0.302 e. The Morgan fingerprint density at radius 2 is 1.83 bits per heavy atom. The number of hydrogen-bond acceptors (Lipinski definition) is 5. The predicted molar refractivity (Wildman–Crippen MR) is 121 cm³/mol. The average molecular weight is 414 g/mol. The number of aromatic nitrogens is 3. The Morgan fingerprint density at radius 1 is 1.10 bits per heavy atom. The Labute approximate surface area is 177 Å². The number of rotatable bonds is 8. The number of thiazole rings is 1. The minimum atomic E-state index is -0.0342. The van der Waals surface area contributed by atoms with Crippen molar-refractivity contribution in [2.24, 2.45) is 0 Å². The molecule has 0 saturated carbocycles. The number of likely N-dealkylation sites (N-methyl/N-ethyl adjacent to an activating group) is 1. The molecule has 0 fully saturated rings. The first kappa shape index (κ1) is 21.5. The maximum absolute atomic E-state index is 13.6. The molecule has 2 heterocycles. The maximum Gasteiger partial charge on any atom is 0.278 e. The van der Waals surface area contributed by atoms with Crippen molar-refractivity contribution < 1.29 is 4.79 Å². The van der Waals surface area contributed by atoms with Crippen LogP contribution in [-0.4, -0.2) is 51.8 Å². The Bertz CT molecular complexity index is 1000. The summed E-state index contributed by atoms with van der Waals surface area (Å²) >= 11 is 1.58. The van der Waals surface area contributed by atoms with Gasteiger partial charge in [0.25, 0.3) is 5.91 Å². The molecule has 1 amide bonds. The van der Waals surface area contributed by atoms with Gasteiger partial charge in [-0.2, -0.15) is 5.10 Å². The average Bonchev–Trinajstić information content (AvgIpc) is 3.31. The normalized spacial score (nSPS) is 11.6. The molecule has 0 unspecified atom stereocenters. The highest BCUT2D eigenvalue weighted by Gasteiger charge is 2.25. The zero-order valence-corrected chi connectivity index (χ0v) is 19.1. The summed E-state index contributed by atoms with van der Waals surface area (Å²) in [6, 6.07) is 6.10. The van der Waals surface area contributed by atoms with E-state index in [1.54, 1.807) is 16.0 Å². The first-order valence-electron chi connectivity index (χ1n) is 10.3. The summed E-state index contributed by atoms with van der Waals surface area (Å²) in [5, 5.41) is 5.22. The number of hydrogen-bond donors (Lipinski definition) is 0. The summed E-state index contributed by atoms with van der Waals surface area (Å²) in [5.74, 6) is -0.0342. The molecule has 3 rings (SSSR count). The van der Waals surface area contributed by atoms with Crippen LogP contribution in [0.1, 0.15) is 48.1 Å². The van der Waals surface area contributed by atoms with Crippen LogP contribution in [0.4, 0.5) is 5.13 Å². The van der Waals surface area contributed by atoms with Gasteiger partial charge in [0.05, 0.1) is 15.9 Å². The van der Waals surface area contributed by atoms with Crippen LogP contribution in [0.5, 0.6) is 0 Å². The van der Waals surface area contributed by atoms with E-state index in [9.17, 15) is 4.79 Å². The summed E-state index contributed by atoms with van der Waals surface area (Å²) < 4.78 is 2.90. The summed E-state index contributed by atoms with van der Waals surface area (Å²) in [5.41, 5.74) is 4.86. The van der Waals surface area contributed by atoms with Crippen molar-refractivity contribution >= 4 is 32.6 Å². The van der Waals surface area contributed by atoms with Gasteiger partial charge in [-0.3, -0.25) is 14.4 Å². The van der Waals surface area contributed by atoms with Crippen LogP contribution in [0.15, 0.2) is 18.2 Å². The third-order valence-electron chi connectivity index (χ3n) is 5.50. The molecule has 29 heavy (non-hydrogen) atoms. The largest absolute Gasteiger partial charge is 0.302 e. The predicted octanol–water partition coefficient (Wildman–Crippen LogP) is 4.43. The van der Waals surface area contributed by atoms with E-state index >= 15 is 0 Å². The van der Waals surface area contributed by atoms with E-state index in [-0.39, 0.29) is 5.91 Å². The molecule has 3 aromatic rings. The molecule has 0 saturated heterocycles. The lowest BCUT2D eigenvalue weighted by atomic mass is 10.1. The minimum absolute atomic E-state index is 0.0342. The molecule has 2 aromatic heterocycles. The lowest BCUT2D eigenvalue weighted by Gasteiger charge is -2.24. The van der Waals surface area contributed by atoms with Crippen molar-refractivity contribution in [2.75, 3.05) is 31.1 Å². The van der Waals surface area contributed by atoms with Crippen molar-refractivity contribution in [2.45, 2.75) is 48.1 Å². The molecule has 0 N–H and O–H groups in total. The number of fused-ring (bicyclic) bond motifs is 1. The van der Waals surface area contributed by atoms with Gasteiger partial charge in [0.15, 0.2) is 5.13 Å². The van der Waals surface area contributed by atoms with Crippen LogP contribution >= 0.6 is 11.3 Å². The van der Waals surface area contributed by atoms with Gasteiger partial charge in [0.2, 0.25) is 0 Å². The van der Waals surface area contributed by atoms with E-state index in [2.05, 4.69) is 49.8 Å². The highest BCUT2D eigenvalue weighted by Crippen LogP contribution is 2.32. The fourth-order valence-electron chi connectivity index (χ4n) is 3.49.